The second-order valence-electron chi connectivity index (χ2n) is 5.49. The highest BCUT2D eigenvalue weighted by Gasteiger charge is 2.35. The van der Waals surface area contributed by atoms with E-state index < -0.39 is 21.1 Å². The molecule has 0 spiro atoms. The molecule has 2 unspecified atom stereocenters. The van der Waals surface area contributed by atoms with Crippen molar-refractivity contribution in [2.75, 3.05) is 0 Å². The molecule has 106 valence electrons. The molecule has 0 saturated heterocycles. The first kappa shape index (κ1) is 14.5. The van der Waals surface area contributed by atoms with Crippen molar-refractivity contribution in [3.05, 3.63) is 35.9 Å². The lowest BCUT2D eigenvalue weighted by molar-refractivity contribution is 0.473. The summed E-state index contributed by atoms with van der Waals surface area (Å²) in [6.45, 7) is 1.75. The second-order valence-corrected chi connectivity index (χ2v) is 8.08. The van der Waals surface area contributed by atoms with Gasteiger partial charge >= 0.3 is 0 Å². The third-order valence-electron chi connectivity index (χ3n) is 4.23. The fourth-order valence-corrected chi connectivity index (χ4v) is 5.01. The van der Waals surface area contributed by atoms with Crippen LogP contribution in [0, 0.1) is 0 Å². The van der Waals surface area contributed by atoms with Gasteiger partial charge in [0.15, 0.2) is 9.84 Å². The summed E-state index contributed by atoms with van der Waals surface area (Å²) in [5, 5.41) is -0.705. The number of rotatable bonds is 4. The van der Waals surface area contributed by atoms with Crippen LogP contribution in [-0.4, -0.2) is 18.9 Å². The van der Waals surface area contributed by atoms with Gasteiger partial charge in [-0.3, -0.25) is 0 Å². The Balaban J connectivity index is 2.15. The van der Waals surface area contributed by atoms with Crippen LogP contribution in [0.1, 0.15) is 50.6 Å². The maximum atomic E-state index is 12.6. The van der Waals surface area contributed by atoms with Crippen molar-refractivity contribution < 1.29 is 8.42 Å². The number of sulfone groups is 1. The van der Waals surface area contributed by atoms with Crippen LogP contribution in [-0.2, 0) is 9.84 Å². The Bertz CT molecular complexity index is 492. The van der Waals surface area contributed by atoms with Crippen molar-refractivity contribution in [2.45, 2.75) is 55.6 Å². The zero-order chi connectivity index (χ0) is 13.9. The molecule has 0 aromatic heterocycles. The average molecular weight is 281 g/mol. The number of benzene rings is 1. The van der Waals surface area contributed by atoms with Crippen LogP contribution in [0.25, 0.3) is 0 Å². The van der Waals surface area contributed by atoms with E-state index in [1.54, 1.807) is 6.92 Å². The first-order valence-electron chi connectivity index (χ1n) is 7.06. The maximum Gasteiger partial charge on any atom is 0.157 e. The first-order chi connectivity index (χ1) is 9.03. The van der Waals surface area contributed by atoms with E-state index in [9.17, 15) is 8.42 Å². The van der Waals surface area contributed by atoms with Crippen LogP contribution in [0.2, 0.25) is 0 Å². The molecule has 1 saturated carbocycles. The number of nitrogens with two attached hydrogens (primary N) is 1. The largest absolute Gasteiger partial charge is 0.323 e. The lowest BCUT2D eigenvalue weighted by atomic mass is 10.0. The van der Waals surface area contributed by atoms with E-state index in [-0.39, 0.29) is 5.25 Å². The fourth-order valence-electron chi connectivity index (χ4n) is 2.85. The van der Waals surface area contributed by atoms with E-state index in [1.165, 1.54) is 0 Å². The van der Waals surface area contributed by atoms with E-state index in [2.05, 4.69) is 0 Å². The molecule has 3 nitrogen and oxygen atoms in total. The monoisotopic (exact) mass is 281 g/mol. The molecule has 0 bridgehead atoms. The van der Waals surface area contributed by atoms with Crippen LogP contribution >= 0.6 is 0 Å². The summed E-state index contributed by atoms with van der Waals surface area (Å²) < 4.78 is 25.2. The molecule has 2 atom stereocenters. The van der Waals surface area contributed by atoms with Gasteiger partial charge < -0.3 is 5.73 Å². The SMILES string of the molecule is CC(C(N)c1ccccc1)S(=O)(=O)C1CCCCC1. The Kier molecular flexibility index (Phi) is 4.63. The van der Waals surface area contributed by atoms with Crippen molar-refractivity contribution in [3.63, 3.8) is 0 Å². The third-order valence-corrected chi connectivity index (χ3v) is 6.96. The summed E-state index contributed by atoms with van der Waals surface area (Å²) in [4.78, 5) is 0. The molecule has 2 rings (SSSR count). The van der Waals surface area contributed by atoms with E-state index in [1.807, 2.05) is 30.3 Å². The van der Waals surface area contributed by atoms with Crippen LogP contribution in [0.5, 0.6) is 0 Å². The second kappa shape index (κ2) is 6.06. The van der Waals surface area contributed by atoms with Gasteiger partial charge in [-0.25, -0.2) is 8.42 Å². The Morgan fingerprint density at radius 1 is 1.11 bits per heavy atom. The van der Waals surface area contributed by atoms with Gasteiger partial charge in [0.05, 0.1) is 10.5 Å². The molecular formula is C15H23NO2S. The van der Waals surface area contributed by atoms with E-state index >= 15 is 0 Å². The lowest BCUT2D eigenvalue weighted by Crippen LogP contribution is -2.38. The Morgan fingerprint density at radius 2 is 1.68 bits per heavy atom. The average Bonchev–Trinajstić information content (AvgIpc) is 2.47. The lowest BCUT2D eigenvalue weighted by Gasteiger charge is -2.28. The quantitative estimate of drug-likeness (QED) is 0.923. The minimum Gasteiger partial charge on any atom is -0.323 e. The molecule has 2 N–H and O–H groups in total. The Hall–Kier alpha value is -0.870. The van der Waals surface area contributed by atoms with Crippen LogP contribution in [0.4, 0.5) is 0 Å². The highest BCUT2D eigenvalue weighted by Crippen LogP contribution is 2.30. The maximum absolute atomic E-state index is 12.6. The number of hydrogen-bond acceptors (Lipinski definition) is 3. The predicted octanol–water partition coefficient (Wildman–Crippen LogP) is 2.82. The molecule has 1 aromatic rings. The van der Waals surface area contributed by atoms with Crippen molar-refractivity contribution in [2.24, 2.45) is 5.73 Å². The van der Waals surface area contributed by atoms with Crippen molar-refractivity contribution in [1.82, 2.24) is 0 Å². The highest BCUT2D eigenvalue weighted by molar-refractivity contribution is 7.92. The van der Waals surface area contributed by atoms with Crippen molar-refractivity contribution in [3.8, 4) is 0 Å². The van der Waals surface area contributed by atoms with Gasteiger partial charge in [0, 0.05) is 6.04 Å². The van der Waals surface area contributed by atoms with Crippen LogP contribution in [0.15, 0.2) is 30.3 Å². The third kappa shape index (κ3) is 3.18. The standard InChI is InChI=1S/C15H23NO2S/c1-12(15(16)13-8-4-2-5-9-13)19(17,18)14-10-6-3-7-11-14/h2,4-5,8-9,12,14-15H,3,6-7,10-11,16H2,1H3. The van der Waals surface area contributed by atoms with Gasteiger partial charge in [0.25, 0.3) is 0 Å². The van der Waals surface area contributed by atoms with E-state index in [0.717, 1.165) is 37.7 Å². The Labute approximate surface area is 116 Å². The minimum atomic E-state index is -3.13. The first-order valence-corrected chi connectivity index (χ1v) is 8.67. The van der Waals surface area contributed by atoms with Crippen LogP contribution < -0.4 is 5.73 Å². The van der Waals surface area contributed by atoms with E-state index in [0.29, 0.717) is 0 Å². The summed E-state index contributed by atoms with van der Waals surface area (Å²) in [6.07, 6.45) is 4.81. The molecule has 1 fully saturated rings. The summed E-state index contributed by atoms with van der Waals surface area (Å²) in [6, 6.07) is 9.07. The molecule has 19 heavy (non-hydrogen) atoms. The van der Waals surface area contributed by atoms with Gasteiger partial charge in [0.1, 0.15) is 0 Å². The van der Waals surface area contributed by atoms with Gasteiger partial charge in [0.2, 0.25) is 0 Å². The van der Waals surface area contributed by atoms with E-state index in [4.69, 9.17) is 5.73 Å². The summed E-state index contributed by atoms with van der Waals surface area (Å²) >= 11 is 0. The van der Waals surface area contributed by atoms with Gasteiger partial charge in [-0.15, -0.1) is 0 Å². The van der Waals surface area contributed by atoms with Crippen molar-refractivity contribution in [1.29, 1.82) is 0 Å². The molecule has 1 aliphatic rings. The molecule has 0 radical (unpaired) electrons. The zero-order valence-electron chi connectivity index (χ0n) is 11.5. The van der Waals surface area contributed by atoms with Gasteiger partial charge in [-0.1, -0.05) is 49.6 Å². The fraction of sp³-hybridized carbons (Fsp3) is 0.600. The predicted molar refractivity (Wildman–Crippen MR) is 78.6 cm³/mol. The molecule has 4 heteroatoms. The summed E-state index contributed by atoms with van der Waals surface area (Å²) in [5.41, 5.74) is 7.05. The molecule has 1 aliphatic carbocycles. The Morgan fingerprint density at radius 3 is 2.26 bits per heavy atom. The topological polar surface area (TPSA) is 60.2 Å². The minimum absolute atomic E-state index is 0.189. The smallest absolute Gasteiger partial charge is 0.157 e. The molecular weight excluding hydrogens is 258 g/mol. The van der Waals surface area contributed by atoms with Gasteiger partial charge in [-0.05, 0) is 25.3 Å². The molecule has 1 aromatic carbocycles. The zero-order valence-corrected chi connectivity index (χ0v) is 12.3. The highest BCUT2D eigenvalue weighted by atomic mass is 32.2. The molecule has 0 heterocycles. The molecule has 0 amide bonds. The molecule has 0 aliphatic heterocycles. The van der Waals surface area contributed by atoms with Crippen LogP contribution in [0.3, 0.4) is 0 Å². The number of hydrogen-bond donors (Lipinski definition) is 1. The summed E-state index contributed by atoms with van der Waals surface area (Å²) in [7, 11) is -3.13. The van der Waals surface area contributed by atoms with Gasteiger partial charge in [-0.2, -0.15) is 0 Å². The normalized spacial score (nSPS) is 20.9. The van der Waals surface area contributed by atoms with Crippen molar-refractivity contribution >= 4 is 9.84 Å². The summed E-state index contributed by atoms with van der Waals surface area (Å²) in [5.74, 6) is 0.